The summed E-state index contributed by atoms with van der Waals surface area (Å²) in [6.07, 6.45) is 6.99. The second-order valence-corrected chi connectivity index (χ2v) is 3.88. The summed E-state index contributed by atoms with van der Waals surface area (Å²) >= 11 is 0. The van der Waals surface area contributed by atoms with E-state index in [0.29, 0.717) is 0 Å². The zero-order valence-electron chi connectivity index (χ0n) is 9.78. The van der Waals surface area contributed by atoms with Crippen LogP contribution < -0.4 is 5.73 Å². The molecule has 2 heterocycles. The number of nitrogens with one attached hydrogen (secondary N) is 1. The van der Waals surface area contributed by atoms with Gasteiger partial charge in [-0.15, -0.1) is 0 Å². The SMILES string of the molecule is Cc1cnc[nH]1.NCC(=O)N1CCCCC1. The molecule has 16 heavy (non-hydrogen) atoms. The second kappa shape index (κ2) is 7.00. The zero-order chi connectivity index (χ0) is 11.8. The molecule has 0 aromatic carbocycles. The Balaban J connectivity index is 0.000000181. The van der Waals surface area contributed by atoms with Gasteiger partial charge in [0.2, 0.25) is 5.91 Å². The van der Waals surface area contributed by atoms with Gasteiger partial charge in [0.1, 0.15) is 0 Å². The van der Waals surface area contributed by atoms with E-state index in [0.717, 1.165) is 31.6 Å². The number of carbonyl (C=O) groups excluding carboxylic acids is 1. The number of nitrogens with two attached hydrogens (primary N) is 1. The summed E-state index contributed by atoms with van der Waals surface area (Å²) in [7, 11) is 0. The molecule has 1 aromatic rings. The van der Waals surface area contributed by atoms with Crippen LogP contribution in [0.1, 0.15) is 25.0 Å². The second-order valence-electron chi connectivity index (χ2n) is 3.88. The highest BCUT2D eigenvalue weighted by atomic mass is 16.2. The van der Waals surface area contributed by atoms with Crippen molar-refractivity contribution in [2.75, 3.05) is 19.6 Å². The maximum atomic E-state index is 11.0. The highest BCUT2D eigenvalue weighted by Crippen LogP contribution is 2.07. The Kier molecular flexibility index (Phi) is 5.56. The monoisotopic (exact) mass is 224 g/mol. The van der Waals surface area contributed by atoms with Crippen LogP contribution in [0.3, 0.4) is 0 Å². The molecular weight excluding hydrogens is 204 g/mol. The van der Waals surface area contributed by atoms with E-state index in [1.807, 2.05) is 11.8 Å². The fraction of sp³-hybridized carbons (Fsp3) is 0.636. The molecule has 2 rings (SSSR count). The minimum atomic E-state index is 0.0969. The number of rotatable bonds is 1. The molecule has 1 aromatic heterocycles. The Labute approximate surface area is 96.0 Å². The number of likely N-dealkylation sites (tertiary alicyclic amines) is 1. The van der Waals surface area contributed by atoms with Crippen molar-refractivity contribution in [1.29, 1.82) is 0 Å². The minimum absolute atomic E-state index is 0.0969. The van der Waals surface area contributed by atoms with Crippen molar-refractivity contribution in [3.05, 3.63) is 18.2 Å². The third kappa shape index (κ3) is 4.44. The van der Waals surface area contributed by atoms with Crippen LogP contribution in [0.15, 0.2) is 12.5 Å². The van der Waals surface area contributed by atoms with Crippen LogP contribution in [0.5, 0.6) is 0 Å². The topological polar surface area (TPSA) is 75.0 Å². The standard InChI is InChI=1S/C7H14N2O.C4H6N2/c8-6-7(10)9-4-2-1-3-5-9;1-4-2-5-3-6-4/h1-6,8H2;2-3H,1H3,(H,5,6). The number of hydrogen-bond donors (Lipinski definition) is 2. The lowest BCUT2D eigenvalue weighted by Gasteiger charge is -2.25. The predicted molar refractivity (Wildman–Crippen MR) is 62.8 cm³/mol. The number of H-pyrrole nitrogens is 1. The fourth-order valence-corrected chi connectivity index (χ4v) is 1.60. The van der Waals surface area contributed by atoms with Crippen molar-refractivity contribution in [3.63, 3.8) is 0 Å². The summed E-state index contributed by atoms with van der Waals surface area (Å²) in [4.78, 5) is 19.5. The Morgan fingerprint density at radius 2 is 2.19 bits per heavy atom. The lowest BCUT2D eigenvalue weighted by molar-refractivity contribution is -0.130. The number of carbonyl (C=O) groups is 1. The van der Waals surface area contributed by atoms with Crippen LogP contribution in [-0.2, 0) is 4.79 Å². The number of aromatic amines is 1. The first-order valence-electron chi connectivity index (χ1n) is 5.67. The molecule has 1 saturated heterocycles. The number of imidazole rings is 1. The van der Waals surface area contributed by atoms with E-state index in [9.17, 15) is 4.79 Å². The van der Waals surface area contributed by atoms with Gasteiger partial charge < -0.3 is 15.6 Å². The first kappa shape index (κ1) is 12.7. The molecule has 0 aliphatic carbocycles. The molecule has 0 saturated carbocycles. The van der Waals surface area contributed by atoms with Crippen LogP contribution in [0.2, 0.25) is 0 Å². The first-order chi connectivity index (χ1) is 7.74. The van der Waals surface area contributed by atoms with Gasteiger partial charge in [0.15, 0.2) is 0 Å². The van der Waals surface area contributed by atoms with E-state index in [1.165, 1.54) is 6.42 Å². The van der Waals surface area contributed by atoms with E-state index in [-0.39, 0.29) is 12.5 Å². The van der Waals surface area contributed by atoms with Crippen LogP contribution >= 0.6 is 0 Å². The normalized spacial score (nSPS) is 15.2. The largest absolute Gasteiger partial charge is 0.349 e. The van der Waals surface area contributed by atoms with Crippen molar-refractivity contribution in [2.24, 2.45) is 5.73 Å². The number of nitrogens with zero attached hydrogens (tertiary/aromatic N) is 2. The third-order valence-electron chi connectivity index (χ3n) is 2.52. The molecule has 1 amide bonds. The van der Waals surface area contributed by atoms with Crippen molar-refractivity contribution in [3.8, 4) is 0 Å². The average Bonchev–Trinajstić information content (AvgIpc) is 2.81. The maximum absolute atomic E-state index is 11.0. The van der Waals surface area contributed by atoms with Gasteiger partial charge in [0.05, 0.1) is 12.9 Å². The molecule has 3 N–H and O–H groups in total. The number of piperidine rings is 1. The lowest BCUT2D eigenvalue weighted by atomic mass is 10.1. The van der Waals surface area contributed by atoms with Crippen LogP contribution in [-0.4, -0.2) is 40.4 Å². The van der Waals surface area contributed by atoms with Crippen molar-refractivity contribution >= 4 is 5.91 Å². The van der Waals surface area contributed by atoms with Gasteiger partial charge in [0.25, 0.3) is 0 Å². The fourth-order valence-electron chi connectivity index (χ4n) is 1.60. The molecule has 0 spiro atoms. The van der Waals surface area contributed by atoms with E-state index in [4.69, 9.17) is 5.73 Å². The summed E-state index contributed by atoms with van der Waals surface area (Å²) in [5.41, 5.74) is 6.32. The summed E-state index contributed by atoms with van der Waals surface area (Å²) in [6, 6.07) is 0. The number of aryl methyl sites for hydroxylation is 1. The van der Waals surface area contributed by atoms with Gasteiger partial charge >= 0.3 is 0 Å². The van der Waals surface area contributed by atoms with E-state index < -0.39 is 0 Å². The molecule has 1 fully saturated rings. The quantitative estimate of drug-likeness (QED) is 0.736. The highest BCUT2D eigenvalue weighted by Gasteiger charge is 2.13. The summed E-state index contributed by atoms with van der Waals surface area (Å²) in [5.74, 6) is 0.0969. The van der Waals surface area contributed by atoms with Gasteiger partial charge in [-0.1, -0.05) is 0 Å². The molecule has 5 nitrogen and oxygen atoms in total. The van der Waals surface area contributed by atoms with Gasteiger partial charge in [-0.2, -0.15) is 0 Å². The average molecular weight is 224 g/mol. The maximum Gasteiger partial charge on any atom is 0.236 e. The summed E-state index contributed by atoms with van der Waals surface area (Å²) < 4.78 is 0. The van der Waals surface area contributed by atoms with E-state index >= 15 is 0 Å². The van der Waals surface area contributed by atoms with Crippen molar-refractivity contribution < 1.29 is 4.79 Å². The van der Waals surface area contributed by atoms with Crippen molar-refractivity contribution in [1.82, 2.24) is 14.9 Å². The number of hydrogen-bond acceptors (Lipinski definition) is 3. The molecule has 0 bridgehead atoms. The molecule has 5 heteroatoms. The summed E-state index contributed by atoms with van der Waals surface area (Å²) in [5, 5.41) is 0. The smallest absolute Gasteiger partial charge is 0.236 e. The van der Waals surface area contributed by atoms with E-state index in [2.05, 4.69) is 9.97 Å². The minimum Gasteiger partial charge on any atom is -0.349 e. The third-order valence-corrected chi connectivity index (χ3v) is 2.52. The molecule has 1 aliphatic rings. The molecule has 0 atom stereocenters. The Hall–Kier alpha value is -1.36. The van der Waals surface area contributed by atoms with Crippen LogP contribution in [0.4, 0.5) is 0 Å². The van der Waals surface area contributed by atoms with Crippen LogP contribution in [0, 0.1) is 6.92 Å². The first-order valence-corrected chi connectivity index (χ1v) is 5.67. The zero-order valence-corrected chi connectivity index (χ0v) is 9.78. The van der Waals surface area contributed by atoms with Gasteiger partial charge in [-0.05, 0) is 26.2 Å². The van der Waals surface area contributed by atoms with E-state index in [1.54, 1.807) is 12.5 Å². The van der Waals surface area contributed by atoms with Gasteiger partial charge in [-0.25, -0.2) is 4.98 Å². The molecule has 90 valence electrons. The number of aromatic nitrogens is 2. The summed E-state index contributed by atoms with van der Waals surface area (Å²) in [6.45, 7) is 3.96. The Bertz CT molecular complexity index is 291. The molecule has 0 unspecified atom stereocenters. The number of amides is 1. The predicted octanol–water partition coefficient (Wildman–Crippen LogP) is 0.676. The van der Waals surface area contributed by atoms with Crippen molar-refractivity contribution in [2.45, 2.75) is 26.2 Å². The van der Waals surface area contributed by atoms with Gasteiger partial charge in [-0.3, -0.25) is 4.79 Å². The van der Waals surface area contributed by atoms with Crippen LogP contribution in [0.25, 0.3) is 0 Å². The Morgan fingerprint density at radius 3 is 2.56 bits per heavy atom. The van der Waals surface area contributed by atoms with Gasteiger partial charge in [0, 0.05) is 25.0 Å². The Morgan fingerprint density at radius 1 is 1.50 bits per heavy atom. The highest BCUT2D eigenvalue weighted by molar-refractivity contribution is 5.78. The molecule has 0 radical (unpaired) electrons. The molecular formula is C11H20N4O. The molecule has 1 aliphatic heterocycles. The lowest BCUT2D eigenvalue weighted by Crippen LogP contribution is -2.39.